The Kier molecular flexibility index (Phi) is 2.70. The molecule has 0 aliphatic heterocycles. The lowest BCUT2D eigenvalue weighted by Gasteiger charge is -2.37. The van der Waals surface area contributed by atoms with Crippen molar-refractivity contribution in [3.05, 3.63) is 35.6 Å². The number of rotatable bonds is 3. The first-order valence-electron chi connectivity index (χ1n) is 6.67. The summed E-state index contributed by atoms with van der Waals surface area (Å²) in [4.78, 5) is 0. The van der Waals surface area contributed by atoms with Crippen LogP contribution in [0, 0.1) is 23.1 Å². The van der Waals surface area contributed by atoms with E-state index in [-0.39, 0.29) is 11.2 Å². The van der Waals surface area contributed by atoms with E-state index in [1.54, 1.807) is 12.1 Å². The summed E-state index contributed by atoms with van der Waals surface area (Å²) >= 11 is 0. The van der Waals surface area contributed by atoms with Crippen molar-refractivity contribution in [1.29, 1.82) is 0 Å². The van der Waals surface area contributed by atoms with Crippen LogP contribution in [-0.2, 0) is 6.42 Å². The van der Waals surface area contributed by atoms with Gasteiger partial charge in [-0.15, -0.1) is 0 Å². The van der Waals surface area contributed by atoms with Crippen molar-refractivity contribution in [2.75, 3.05) is 6.54 Å². The molecule has 2 saturated carbocycles. The molecule has 2 aliphatic carbocycles. The minimum absolute atomic E-state index is 0.0666. The van der Waals surface area contributed by atoms with Gasteiger partial charge in [0, 0.05) is 0 Å². The zero-order chi connectivity index (χ0) is 11.9. The number of fused-ring (bicyclic) bond motifs is 2. The zero-order valence-corrected chi connectivity index (χ0v) is 10.2. The number of halogens is 1. The molecule has 0 radical (unpaired) electrons. The van der Waals surface area contributed by atoms with Gasteiger partial charge in [0.2, 0.25) is 0 Å². The molecule has 2 heteroatoms. The van der Waals surface area contributed by atoms with E-state index in [0.29, 0.717) is 6.54 Å². The second-order valence-corrected chi connectivity index (χ2v) is 5.91. The molecular formula is C15H20FN. The third-order valence-electron chi connectivity index (χ3n) is 5.01. The van der Waals surface area contributed by atoms with Crippen molar-refractivity contribution in [3.63, 3.8) is 0 Å². The van der Waals surface area contributed by atoms with Crippen LogP contribution in [0.1, 0.15) is 31.2 Å². The number of benzene rings is 1. The Bertz CT molecular complexity index is 417. The first-order valence-corrected chi connectivity index (χ1v) is 6.67. The highest BCUT2D eigenvalue weighted by Crippen LogP contribution is 2.56. The summed E-state index contributed by atoms with van der Waals surface area (Å²) in [6.07, 6.45) is 6.03. The fourth-order valence-corrected chi connectivity index (χ4v) is 4.12. The van der Waals surface area contributed by atoms with Crippen molar-refractivity contribution < 1.29 is 4.39 Å². The smallest absolute Gasteiger partial charge is 0.126 e. The highest BCUT2D eigenvalue weighted by Gasteiger charge is 2.49. The number of nitrogens with two attached hydrogens (primary N) is 1. The highest BCUT2D eigenvalue weighted by molar-refractivity contribution is 5.21. The molecule has 0 amide bonds. The molecule has 2 aliphatic rings. The van der Waals surface area contributed by atoms with Gasteiger partial charge >= 0.3 is 0 Å². The fourth-order valence-electron chi connectivity index (χ4n) is 4.12. The van der Waals surface area contributed by atoms with Crippen LogP contribution in [0.15, 0.2) is 24.3 Å². The molecule has 0 saturated heterocycles. The maximum absolute atomic E-state index is 13.8. The van der Waals surface area contributed by atoms with Crippen LogP contribution < -0.4 is 5.73 Å². The Labute approximate surface area is 102 Å². The van der Waals surface area contributed by atoms with E-state index >= 15 is 0 Å². The van der Waals surface area contributed by atoms with E-state index in [9.17, 15) is 4.39 Å². The summed E-state index contributed by atoms with van der Waals surface area (Å²) in [5.74, 6) is 1.52. The van der Waals surface area contributed by atoms with Gasteiger partial charge in [0.1, 0.15) is 5.82 Å². The van der Waals surface area contributed by atoms with Gasteiger partial charge in [0.15, 0.2) is 0 Å². The predicted octanol–water partition coefficient (Wildman–Crippen LogP) is 3.13. The third kappa shape index (κ3) is 1.79. The first-order chi connectivity index (χ1) is 8.23. The number of hydrogen-bond acceptors (Lipinski definition) is 1. The molecule has 1 aromatic rings. The lowest BCUT2D eigenvalue weighted by molar-refractivity contribution is 0.170. The average molecular weight is 233 g/mol. The van der Waals surface area contributed by atoms with Gasteiger partial charge in [-0.1, -0.05) is 24.6 Å². The normalized spacial score (nSPS) is 35.4. The quantitative estimate of drug-likeness (QED) is 0.852. The molecule has 3 rings (SSSR count). The van der Waals surface area contributed by atoms with Crippen LogP contribution in [-0.4, -0.2) is 6.54 Å². The van der Waals surface area contributed by atoms with Gasteiger partial charge in [-0.25, -0.2) is 4.39 Å². The summed E-state index contributed by atoms with van der Waals surface area (Å²) in [6, 6.07) is 7.16. The molecule has 3 unspecified atom stereocenters. The highest BCUT2D eigenvalue weighted by atomic mass is 19.1. The Morgan fingerprint density at radius 1 is 1.29 bits per heavy atom. The third-order valence-corrected chi connectivity index (χ3v) is 5.01. The van der Waals surface area contributed by atoms with Crippen LogP contribution in [0.2, 0.25) is 0 Å². The largest absolute Gasteiger partial charge is 0.330 e. The van der Waals surface area contributed by atoms with Crippen LogP contribution in [0.4, 0.5) is 4.39 Å². The molecule has 2 N–H and O–H groups in total. The summed E-state index contributed by atoms with van der Waals surface area (Å²) in [6.45, 7) is 0.711. The van der Waals surface area contributed by atoms with Crippen molar-refractivity contribution in [1.82, 2.24) is 0 Å². The molecule has 3 atom stereocenters. The van der Waals surface area contributed by atoms with E-state index in [0.717, 1.165) is 23.8 Å². The molecule has 0 spiro atoms. The zero-order valence-electron chi connectivity index (χ0n) is 10.2. The van der Waals surface area contributed by atoms with Crippen molar-refractivity contribution in [2.45, 2.75) is 32.1 Å². The summed E-state index contributed by atoms with van der Waals surface area (Å²) in [7, 11) is 0. The maximum Gasteiger partial charge on any atom is 0.126 e. The lowest BCUT2D eigenvalue weighted by atomic mass is 9.69. The van der Waals surface area contributed by atoms with Gasteiger partial charge in [-0.05, 0) is 61.1 Å². The molecule has 2 fully saturated rings. The van der Waals surface area contributed by atoms with E-state index in [1.165, 1.54) is 25.7 Å². The Balaban J connectivity index is 1.86. The fraction of sp³-hybridized carbons (Fsp3) is 0.600. The average Bonchev–Trinajstić information content (AvgIpc) is 2.93. The Morgan fingerprint density at radius 3 is 2.71 bits per heavy atom. The molecule has 1 nitrogen and oxygen atoms in total. The molecule has 17 heavy (non-hydrogen) atoms. The van der Waals surface area contributed by atoms with E-state index in [4.69, 9.17) is 5.73 Å². The van der Waals surface area contributed by atoms with Gasteiger partial charge < -0.3 is 5.73 Å². The standard InChI is InChI=1S/C15H20FN/c16-14-4-2-1-3-12(14)9-15(10-17)8-11-5-6-13(15)7-11/h1-4,11,13H,5-10,17H2. The topological polar surface area (TPSA) is 26.0 Å². The summed E-state index contributed by atoms with van der Waals surface area (Å²) in [5.41, 5.74) is 7.07. The van der Waals surface area contributed by atoms with E-state index in [2.05, 4.69) is 0 Å². The molecule has 0 aromatic heterocycles. The molecular weight excluding hydrogens is 213 g/mol. The molecule has 2 bridgehead atoms. The number of hydrogen-bond donors (Lipinski definition) is 1. The van der Waals surface area contributed by atoms with Gasteiger partial charge in [-0.2, -0.15) is 0 Å². The van der Waals surface area contributed by atoms with Crippen LogP contribution in [0.3, 0.4) is 0 Å². The Morgan fingerprint density at radius 2 is 2.12 bits per heavy atom. The van der Waals surface area contributed by atoms with E-state index in [1.807, 2.05) is 12.1 Å². The van der Waals surface area contributed by atoms with E-state index < -0.39 is 0 Å². The van der Waals surface area contributed by atoms with Crippen LogP contribution >= 0.6 is 0 Å². The minimum Gasteiger partial charge on any atom is -0.330 e. The maximum atomic E-state index is 13.8. The monoisotopic (exact) mass is 233 g/mol. The predicted molar refractivity (Wildman–Crippen MR) is 67.0 cm³/mol. The van der Waals surface area contributed by atoms with Gasteiger partial charge in [0.25, 0.3) is 0 Å². The van der Waals surface area contributed by atoms with Gasteiger partial charge in [-0.3, -0.25) is 0 Å². The van der Waals surface area contributed by atoms with Gasteiger partial charge in [0.05, 0.1) is 0 Å². The second kappa shape index (κ2) is 4.09. The summed E-state index contributed by atoms with van der Waals surface area (Å²) < 4.78 is 13.8. The minimum atomic E-state index is -0.0666. The Hall–Kier alpha value is -0.890. The first kappa shape index (κ1) is 11.2. The molecule has 0 heterocycles. The van der Waals surface area contributed by atoms with Crippen molar-refractivity contribution in [2.24, 2.45) is 23.0 Å². The van der Waals surface area contributed by atoms with Crippen LogP contribution in [0.25, 0.3) is 0 Å². The van der Waals surface area contributed by atoms with Crippen LogP contribution in [0.5, 0.6) is 0 Å². The lowest BCUT2D eigenvalue weighted by Crippen LogP contribution is -2.38. The molecule has 92 valence electrons. The summed E-state index contributed by atoms with van der Waals surface area (Å²) in [5, 5.41) is 0. The van der Waals surface area contributed by atoms with Crippen molar-refractivity contribution in [3.8, 4) is 0 Å². The molecule has 1 aromatic carbocycles. The van der Waals surface area contributed by atoms with Crippen molar-refractivity contribution >= 4 is 0 Å². The SMILES string of the molecule is NCC1(Cc2ccccc2F)CC2CCC1C2. The second-order valence-electron chi connectivity index (χ2n) is 5.91.